The van der Waals surface area contributed by atoms with Gasteiger partial charge in [-0.3, -0.25) is 4.90 Å². The molecule has 0 saturated carbocycles. The van der Waals surface area contributed by atoms with Crippen molar-refractivity contribution < 1.29 is 0 Å². The van der Waals surface area contributed by atoms with Crippen LogP contribution in [0.15, 0.2) is 6.33 Å². The van der Waals surface area contributed by atoms with Gasteiger partial charge in [-0.05, 0) is 13.0 Å². The number of imidazole rings is 1. The quantitative estimate of drug-likeness (QED) is 0.770. The molecule has 0 amide bonds. The topological polar surface area (TPSA) is 35.2 Å². The predicted molar refractivity (Wildman–Crippen MR) is 57.1 cm³/mol. The average Bonchev–Trinajstić information content (AvgIpc) is 2.50. The highest BCUT2D eigenvalue weighted by atomic mass is 15.4. The molecule has 0 aromatic carbocycles. The molecule has 1 aliphatic rings. The Balaban J connectivity index is 2.19. The second-order valence-electron chi connectivity index (χ2n) is 4.48. The second-order valence-corrected chi connectivity index (χ2v) is 4.48. The highest BCUT2D eigenvalue weighted by Crippen LogP contribution is 2.23. The van der Waals surface area contributed by atoms with Gasteiger partial charge >= 0.3 is 0 Å². The smallest absolute Gasteiger partial charge is 0.152 e. The summed E-state index contributed by atoms with van der Waals surface area (Å²) in [4.78, 5) is 12.2. The molecule has 4 heteroatoms. The van der Waals surface area contributed by atoms with Crippen molar-refractivity contribution in [1.82, 2.24) is 14.9 Å². The van der Waals surface area contributed by atoms with Gasteiger partial charge in [-0.2, -0.15) is 0 Å². The molecule has 0 radical (unpaired) electrons. The van der Waals surface area contributed by atoms with Gasteiger partial charge in [0, 0.05) is 13.1 Å². The van der Waals surface area contributed by atoms with Gasteiger partial charge in [0.05, 0.1) is 18.7 Å². The minimum atomic E-state index is 0.672. The third-order valence-corrected chi connectivity index (χ3v) is 2.42. The highest BCUT2D eigenvalue weighted by Gasteiger charge is 2.22. The molecule has 1 aliphatic heterocycles. The minimum absolute atomic E-state index is 0.672. The van der Waals surface area contributed by atoms with E-state index in [1.54, 1.807) is 6.33 Å². The third kappa shape index (κ3) is 1.75. The summed E-state index contributed by atoms with van der Waals surface area (Å²) in [5, 5.41) is 0. The van der Waals surface area contributed by atoms with E-state index in [2.05, 4.69) is 40.7 Å². The Bertz CT molecular complexity index is 305. The Hall–Kier alpha value is -1.03. The first-order chi connectivity index (χ1) is 6.66. The number of nitrogens with one attached hydrogen (secondary N) is 1. The molecule has 1 aromatic heterocycles. The summed E-state index contributed by atoms with van der Waals surface area (Å²) < 4.78 is 0. The molecule has 0 fully saturated rings. The zero-order valence-corrected chi connectivity index (χ0v) is 9.12. The van der Waals surface area contributed by atoms with Crippen LogP contribution in [0, 0.1) is 5.92 Å². The number of hydrogen-bond donors (Lipinski definition) is 1. The molecule has 78 valence electrons. The van der Waals surface area contributed by atoms with Crippen molar-refractivity contribution >= 4 is 5.82 Å². The first kappa shape index (κ1) is 9.52. The summed E-state index contributed by atoms with van der Waals surface area (Å²) in [6, 6.07) is 0. The monoisotopic (exact) mass is 194 g/mol. The minimum Gasteiger partial charge on any atom is -0.346 e. The molecule has 2 rings (SSSR count). The molecule has 4 nitrogen and oxygen atoms in total. The van der Waals surface area contributed by atoms with Gasteiger partial charge in [-0.1, -0.05) is 13.8 Å². The van der Waals surface area contributed by atoms with E-state index in [1.807, 2.05) is 0 Å². The summed E-state index contributed by atoms with van der Waals surface area (Å²) in [7, 11) is 2.14. The van der Waals surface area contributed by atoms with Crippen molar-refractivity contribution in [3.8, 4) is 0 Å². The highest BCUT2D eigenvalue weighted by molar-refractivity contribution is 5.45. The molecule has 14 heavy (non-hydrogen) atoms. The molecule has 0 saturated heterocycles. The van der Waals surface area contributed by atoms with Crippen LogP contribution in [-0.4, -0.2) is 35.1 Å². The Morgan fingerprint density at radius 1 is 1.57 bits per heavy atom. The number of aromatic amines is 1. The number of nitrogens with zero attached hydrogens (tertiary/aromatic N) is 3. The zero-order chi connectivity index (χ0) is 10.1. The van der Waals surface area contributed by atoms with Crippen LogP contribution in [0.3, 0.4) is 0 Å². The fourth-order valence-corrected chi connectivity index (χ4v) is 1.97. The number of anilines is 1. The van der Waals surface area contributed by atoms with Crippen LogP contribution in [0.2, 0.25) is 0 Å². The molecule has 1 aromatic rings. The molecule has 0 bridgehead atoms. The van der Waals surface area contributed by atoms with Crippen molar-refractivity contribution in [1.29, 1.82) is 0 Å². The van der Waals surface area contributed by atoms with E-state index in [9.17, 15) is 0 Å². The zero-order valence-electron chi connectivity index (χ0n) is 9.12. The maximum atomic E-state index is 4.37. The van der Waals surface area contributed by atoms with Crippen molar-refractivity contribution in [3.05, 3.63) is 12.0 Å². The summed E-state index contributed by atoms with van der Waals surface area (Å²) in [5.74, 6) is 1.81. The molecule has 0 spiro atoms. The van der Waals surface area contributed by atoms with E-state index in [-0.39, 0.29) is 0 Å². The lowest BCUT2D eigenvalue weighted by molar-refractivity contribution is 0.299. The predicted octanol–water partition coefficient (Wildman–Crippen LogP) is 1.27. The van der Waals surface area contributed by atoms with E-state index >= 15 is 0 Å². The molecular formula is C10H18N4. The average molecular weight is 194 g/mol. The largest absolute Gasteiger partial charge is 0.346 e. The lowest BCUT2D eigenvalue weighted by Crippen LogP contribution is -2.42. The van der Waals surface area contributed by atoms with Crippen molar-refractivity contribution in [2.75, 3.05) is 25.2 Å². The van der Waals surface area contributed by atoms with Crippen molar-refractivity contribution in [3.63, 3.8) is 0 Å². The number of hydrogen-bond acceptors (Lipinski definition) is 3. The van der Waals surface area contributed by atoms with Crippen LogP contribution in [0.1, 0.15) is 19.5 Å². The molecular weight excluding hydrogens is 176 g/mol. The molecule has 0 aliphatic carbocycles. The van der Waals surface area contributed by atoms with Gasteiger partial charge in [-0.25, -0.2) is 4.98 Å². The fourth-order valence-electron chi connectivity index (χ4n) is 1.97. The fraction of sp³-hybridized carbons (Fsp3) is 0.700. The van der Waals surface area contributed by atoms with Gasteiger partial charge in [0.1, 0.15) is 0 Å². The van der Waals surface area contributed by atoms with E-state index in [0.717, 1.165) is 25.6 Å². The second kappa shape index (κ2) is 3.61. The number of rotatable bonds is 2. The summed E-state index contributed by atoms with van der Waals surface area (Å²) >= 11 is 0. The van der Waals surface area contributed by atoms with E-state index in [4.69, 9.17) is 0 Å². The first-order valence-corrected chi connectivity index (χ1v) is 5.12. The Labute approximate surface area is 84.9 Å². The van der Waals surface area contributed by atoms with Gasteiger partial charge in [0.25, 0.3) is 0 Å². The van der Waals surface area contributed by atoms with Gasteiger partial charge < -0.3 is 9.88 Å². The van der Waals surface area contributed by atoms with Crippen LogP contribution < -0.4 is 4.90 Å². The van der Waals surface area contributed by atoms with Crippen molar-refractivity contribution in [2.24, 2.45) is 5.92 Å². The SMILES string of the molecule is CC(C)CN1CN(C)Cc2[nH]cnc21. The number of H-pyrrole nitrogens is 1. The van der Waals surface area contributed by atoms with E-state index in [1.165, 1.54) is 5.69 Å². The molecule has 0 unspecified atom stereocenters. The Kier molecular flexibility index (Phi) is 2.46. The lowest BCUT2D eigenvalue weighted by Gasteiger charge is -2.34. The van der Waals surface area contributed by atoms with Crippen LogP contribution >= 0.6 is 0 Å². The first-order valence-electron chi connectivity index (χ1n) is 5.12. The van der Waals surface area contributed by atoms with Gasteiger partial charge in [0.2, 0.25) is 0 Å². The maximum Gasteiger partial charge on any atom is 0.152 e. The summed E-state index contributed by atoms with van der Waals surface area (Å²) in [6.45, 7) is 7.50. The standard InChI is InChI=1S/C10H18N4/c1-8(2)4-14-7-13(3)5-9-10(14)12-6-11-9/h6,8H,4-5,7H2,1-3H3,(H,11,12). The van der Waals surface area contributed by atoms with E-state index in [0.29, 0.717) is 5.92 Å². The van der Waals surface area contributed by atoms with Gasteiger partial charge in [0.15, 0.2) is 5.82 Å². The normalized spacial score (nSPS) is 17.6. The van der Waals surface area contributed by atoms with Crippen molar-refractivity contribution in [2.45, 2.75) is 20.4 Å². The number of fused-ring (bicyclic) bond motifs is 1. The molecule has 1 N–H and O–H groups in total. The van der Waals surface area contributed by atoms with Crippen LogP contribution in [0.4, 0.5) is 5.82 Å². The molecule has 2 heterocycles. The Morgan fingerprint density at radius 3 is 3.07 bits per heavy atom. The van der Waals surface area contributed by atoms with Gasteiger partial charge in [-0.15, -0.1) is 0 Å². The summed E-state index contributed by atoms with van der Waals surface area (Å²) in [5.41, 5.74) is 1.24. The van der Waals surface area contributed by atoms with Crippen LogP contribution in [0.25, 0.3) is 0 Å². The lowest BCUT2D eigenvalue weighted by atomic mass is 10.2. The maximum absolute atomic E-state index is 4.37. The van der Waals surface area contributed by atoms with Crippen LogP contribution in [0.5, 0.6) is 0 Å². The number of aromatic nitrogens is 2. The summed E-state index contributed by atoms with van der Waals surface area (Å²) in [6.07, 6.45) is 1.79. The van der Waals surface area contributed by atoms with E-state index < -0.39 is 0 Å². The Morgan fingerprint density at radius 2 is 2.36 bits per heavy atom. The molecule has 0 atom stereocenters. The van der Waals surface area contributed by atoms with Crippen LogP contribution in [-0.2, 0) is 6.54 Å². The third-order valence-electron chi connectivity index (χ3n) is 2.42.